The van der Waals surface area contributed by atoms with Crippen molar-refractivity contribution in [1.29, 1.82) is 0 Å². The lowest BCUT2D eigenvalue weighted by Crippen LogP contribution is -2.64. The standard InChI is InChI=1S/C17H17NO9/c1-24-13(20)11(14(21)25-2)17(16(23)26-3)10-8-6-5-7-9(10)12(19)18(27-4)15(17)22/h5-8,11H,1-4H3. The maximum atomic E-state index is 13.2. The van der Waals surface area contributed by atoms with Gasteiger partial charge in [-0.2, -0.15) is 0 Å². The molecule has 144 valence electrons. The number of hydrogen-bond acceptors (Lipinski definition) is 9. The van der Waals surface area contributed by atoms with E-state index >= 15 is 0 Å². The van der Waals surface area contributed by atoms with Crippen LogP contribution in [0.25, 0.3) is 0 Å². The van der Waals surface area contributed by atoms with E-state index in [2.05, 4.69) is 9.47 Å². The Balaban J connectivity index is 2.98. The van der Waals surface area contributed by atoms with Crippen LogP contribution in [0.2, 0.25) is 0 Å². The molecule has 0 N–H and O–H groups in total. The second-order valence-corrected chi connectivity index (χ2v) is 5.41. The smallest absolute Gasteiger partial charge is 0.327 e. The van der Waals surface area contributed by atoms with Gasteiger partial charge in [-0.3, -0.25) is 28.8 Å². The molecule has 1 aromatic rings. The van der Waals surface area contributed by atoms with Crippen molar-refractivity contribution in [2.75, 3.05) is 28.4 Å². The largest absolute Gasteiger partial charge is 0.468 e. The monoisotopic (exact) mass is 379 g/mol. The van der Waals surface area contributed by atoms with Crippen LogP contribution in [0.5, 0.6) is 0 Å². The number of benzene rings is 1. The number of carbonyl (C=O) groups is 5. The molecule has 0 bridgehead atoms. The predicted molar refractivity (Wildman–Crippen MR) is 85.8 cm³/mol. The van der Waals surface area contributed by atoms with Crippen molar-refractivity contribution in [2.45, 2.75) is 5.41 Å². The second kappa shape index (κ2) is 7.54. The van der Waals surface area contributed by atoms with Crippen molar-refractivity contribution in [2.24, 2.45) is 5.92 Å². The minimum atomic E-state index is -2.57. The number of hydroxylamine groups is 2. The summed E-state index contributed by atoms with van der Waals surface area (Å²) >= 11 is 0. The fourth-order valence-electron chi connectivity index (χ4n) is 3.10. The summed E-state index contributed by atoms with van der Waals surface area (Å²) in [7, 11) is 3.94. The summed E-state index contributed by atoms with van der Waals surface area (Å²) in [5, 5.41) is 0.290. The topological polar surface area (TPSA) is 126 Å². The molecule has 2 rings (SSSR count). The summed E-state index contributed by atoms with van der Waals surface area (Å²) in [5.41, 5.74) is -2.89. The lowest BCUT2D eigenvalue weighted by Gasteiger charge is -2.40. The molecule has 0 radical (unpaired) electrons. The van der Waals surface area contributed by atoms with Gasteiger partial charge in [0.15, 0.2) is 11.3 Å². The Hall–Kier alpha value is -3.27. The Morgan fingerprint density at radius 1 is 0.926 bits per heavy atom. The van der Waals surface area contributed by atoms with E-state index in [1.165, 1.54) is 24.3 Å². The summed E-state index contributed by atoms with van der Waals surface area (Å²) in [6.07, 6.45) is 0. The zero-order chi connectivity index (χ0) is 20.4. The summed E-state index contributed by atoms with van der Waals surface area (Å²) in [6.45, 7) is 0. The van der Waals surface area contributed by atoms with Crippen LogP contribution in [-0.4, -0.2) is 63.2 Å². The zero-order valence-electron chi connectivity index (χ0n) is 15.0. The number of fused-ring (bicyclic) bond motifs is 1. The number of imide groups is 1. The van der Waals surface area contributed by atoms with Crippen LogP contribution < -0.4 is 0 Å². The van der Waals surface area contributed by atoms with E-state index < -0.39 is 41.1 Å². The Morgan fingerprint density at radius 2 is 1.48 bits per heavy atom. The first-order valence-corrected chi connectivity index (χ1v) is 7.59. The van der Waals surface area contributed by atoms with Crippen molar-refractivity contribution in [3.8, 4) is 0 Å². The molecular formula is C17H17NO9. The lowest BCUT2D eigenvalue weighted by molar-refractivity contribution is -0.188. The van der Waals surface area contributed by atoms with Gasteiger partial charge >= 0.3 is 17.9 Å². The average Bonchev–Trinajstić information content (AvgIpc) is 2.70. The molecule has 1 unspecified atom stereocenters. The molecule has 0 saturated heterocycles. The highest BCUT2D eigenvalue weighted by Crippen LogP contribution is 2.43. The molecule has 27 heavy (non-hydrogen) atoms. The number of ether oxygens (including phenoxy) is 3. The number of amides is 2. The molecule has 0 aromatic heterocycles. The summed E-state index contributed by atoms with van der Waals surface area (Å²) < 4.78 is 14.0. The number of hydrogen-bond donors (Lipinski definition) is 0. The Bertz CT molecular complexity index is 802. The number of carbonyl (C=O) groups excluding carboxylic acids is 5. The van der Waals surface area contributed by atoms with Crippen molar-refractivity contribution in [1.82, 2.24) is 5.06 Å². The van der Waals surface area contributed by atoms with Crippen molar-refractivity contribution < 1.29 is 43.0 Å². The van der Waals surface area contributed by atoms with Gasteiger partial charge in [-0.05, 0) is 11.6 Å². The molecule has 0 aliphatic carbocycles. The number of methoxy groups -OCH3 is 3. The van der Waals surface area contributed by atoms with Gasteiger partial charge in [-0.25, -0.2) is 0 Å². The van der Waals surface area contributed by atoms with E-state index in [0.717, 1.165) is 28.4 Å². The van der Waals surface area contributed by atoms with Crippen LogP contribution >= 0.6 is 0 Å². The van der Waals surface area contributed by atoms with Crippen LogP contribution in [0.3, 0.4) is 0 Å². The number of rotatable bonds is 5. The molecule has 0 saturated carbocycles. The second-order valence-electron chi connectivity index (χ2n) is 5.41. The van der Waals surface area contributed by atoms with Gasteiger partial charge in [0.25, 0.3) is 11.8 Å². The van der Waals surface area contributed by atoms with E-state index in [0.29, 0.717) is 0 Å². The quantitative estimate of drug-likeness (QED) is 0.291. The normalized spacial score (nSPS) is 18.8. The summed E-state index contributed by atoms with van der Waals surface area (Å²) in [5.74, 6) is -7.91. The van der Waals surface area contributed by atoms with Crippen LogP contribution in [0, 0.1) is 5.92 Å². The van der Waals surface area contributed by atoms with Crippen LogP contribution in [0.15, 0.2) is 24.3 Å². The minimum absolute atomic E-state index is 0.123. The molecule has 1 aliphatic heterocycles. The van der Waals surface area contributed by atoms with E-state index in [-0.39, 0.29) is 16.2 Å². The molecule has 0 spiro atoms. The molecule has 1 aliphatic rings. The fraction of sp³-hybridized carbons (Fsp3) is 0.353. The van der Waals surface area contributed by atoms with Gasteiger partial charge in [-0.1, -0.05) is 18.2 Å². The van der Waals surface area contributed by atoms with Gasteiger partial charge in [0.2, 0.25) is 0 Å². The third-order valence-corrected chi connectivity index (χ3v) is 4.29. The molecule has 1 heterocycles. The molecular weight excluding hydrogens is 362 g/mol. The van der Waals surface area contributed by atoms with Gasteiger partial charge in [0.05, 0.1) is 28.4 Å². The minimum Gasteiger partial charge on any atom is -0.468 e. The highest BCUT2D eigenvalue weighted by Gasteiger charge is 2.67. The molecule has 0 fully saturated rings. The van der Waals surface area contributed by atoms with Crippen molar-refractivity contribution >= 4 is 29.7 Å². The molecule has 1 aromatic carbocycles. The molecule has 10 heteroatoms. The van der Waals surface area contributed by atoms with Gasteiger partial charge in [0.1, 0.15) is 0 Å². The predicted octanol–water partition coefficient (Wildman–Crippen LogP) is -0.397. The zero-order valence-corrected chi connectivity index (χ0v) is 15.0. The maximum Gasteiger partial charge on any atom is 0.327 e. The van der Waals surface area contributed by atoms with Crippen molar-refractivity contribution in [3.63, 3.8) is 0 Å². The van der Waals surface area contributed by atoms with Crippen LogP contribution in [0.1, 0.15) is 15.9 Å². The Kier molecular flexibility index (Phi) is 5.60. The summed E-state index contributed by atoms with van der Waals surface area (Å²) in [6, 6.07) is 5.51. The van der Waals surface area contributed by atoms with Crippen LogP contribution in [-0.2, 0) is 43.6 Å². The van der Waals surface area contributed by atoms with Gasteiger partial charge in [-0.15, -0.1) is 5.06 Å². The first kappa shape index (κ1) is 20.0. The van der Waals surface area contributed by atoms with Crippen molar-refractivity contribution in [3.05, 3.63) is 35.4 Å². The molecule has 10 nitrogen and oxygen atoms in total. The molecule has 2 amide bonds. The molecule has 1 atom stereocenters. The first-order valence-electron chi connectivity index (χ1n) is 7.59. The highest BCUT2D eigenvalue weighted by molar-refractivity contribution is 6.24. The Labute approximate surface area is 153 Å². The SMILES string of the molecule is COC(=O)C(C(=O)OC)C1(C(=O)OC)C(=O)N(OC)C(=O)c2ccccc21. The fourth-order valence-corrected chi connectivity index (χ4v) is 3.10. The Morgan fingerprint density at radius 3 is 1.96 bits per heavy atom. The van der Waals surface area contributed by atoms with E-state index in [4.69, 9.17) is 9.57 Å². The average molecular weight is 379 g/mol. The van der Waals surface area contributed by atoms with Crippen LogP contribution in [0.4, 0.5) is 0 Å². The summed E-state index contributed by atoms with van der Waals surface area (Å²) in [4.78, 5) is 68.3. The highest BCUT2D eigenvalue weighted by atomic mass is 16.7. The number of esters is 3. The number of nitrogens with zero attached hydrogens (tertiary/aromatic N) is 1. The third kappa shape index (κ3) is 2.74. The van der Waals surface area contributed by atoms with Gasteiger partial charge < -0.3 is 14.2 Å². The third-order valence-electron chi connectivity index (χ3n) is 4.29. The first-order chi connectivity index (χ1) is 12.8. The van der Waals surface area contributed by atoms with E-state index in [9.17, 15) is 24.0 Å². The van der Waals surface area contributed by atoms with Gasteiger partial charge in [0, 0.05) is 5.56 Å². The van der Waals surface area contributed by atoms with E-state index in [1.54, 1.807) is 0 Å². The lowest BCUT2D eigenvalue weighted by atomic mass is 9.65. The maximum absolute atomic E-state index is 13.2. The van der Waals surface area contributed by atoms with E-state index in [1.807, 2.05) is 0 Å².